The second-order valence-corrected chi connectivity index (χ2v) is 6.75. The van der Waals surface area contributed by atoms with Crippen LogP contribution in [0.2, 0.25) is 0 Å². The lowest BCUT2D eigenvalue weighted by atomic mass is 10.2. The van der Waals surface area contributed by atoms with Crippen molar-refractivity contribution in [1.29, 1.82) is 0 Å². The standard InChI is InChI=1S/C14H20N4S/c1-2-11-12(19-9-1)14(18-7-5-15-6-8-18)17-13(16-11)10-3-4-10/h10,15H,1-9H2. The van der Waals surface area contributed by atoms with Crippen LogP contribution in [-0.2, 0) is 6.42 Å². The van der Waals surface area contributed by atoms with E-state index < -0.39 is 0 Å². The van der Waals surface area contributed by atoms with Gasteiger partial charge in [-0.05, 0) is 31.4 Å². The second-order valence-electron chi connectivity index (χ2n) is 5.64. The molecule has 1 aromatic heterocycles. The van der Waals surface area contributed by atoms with E-state index in [9.17, 15) is 0 Å². The van der Waals surface area contributed by atoms with Crippen LogP contribution < -0.4 is 10.2 Å². The molecule has 1 N–H and O–H groups in total. The maximum Gasteiger partial charge on any atom is 0.146 e. The molecule has 2 aliphatic heterocycles. The van der Waals surface area contributed by atoms with Gasteiger partial charge in [0.05, 0.1) is 10.6 Å². The minimum atomic E-state index is 0.652. The van der Waals surface area contributed by atoms with E-state index in [1.807, 2.05) is 11.8 Å². The molecule has 0 bridgehead atoms. The predicted molar refractivity (Wildman–Crippen MR) is 78.1 cm³/mol. The average Bonchev–Trinajstić information content (AvgIpc) is 3.32. The Morgan fingerprint density at radius 3 is 2.79 bits per heavy atom. The van der Waals surface area contributed by atoms with Crippen LogP contribution in [0.3, 0.4) is 0 Å². The zero-order valence-electron chi connectivity index (χ0n) is 11.2. The summed E-state index contributed by atoms with van der Waals surface area (Å²) in [5, 5.41) is 3.42. The van der Waals surface area contributed by atoms with Gasteiger partial charge in [-0.25, -0.2) is 9.97 Å². The summed E-state index contributed by atoms with van der Waals surface area (Å²) in [6, 6.07) is 0. The Hall–Kier alpha value is -0.810. The fourth-order valence-electron chi connectivity index (χ4n) is 2.85. The van der Waals surface area contributed by atoms with Crippen molar-refractivity contribution in [1.82, 2.24) is 15.3 Å². The largest absolute Gasteiger partial charge is 0.353 e. The Balaban J connectivity index is 1.75. The van der Waals surface area contributed by atoms with Gasteiger partial charge in [-0.1, -0.05) is 0 Å². The first-order chi connectivity index (χ1) is 9.42. The first kappa shape index (κ1) is 12.0. The first-order valence-corrected chi connectivity index (χ1v) is 8.39. The number of piperazine rings is 1. The fourth-order valence-corrected chi connectivity index (χ4v) is 3.96. The van der Waals surface area contributed by atoms with Gasteiger partial charge in [0.25, 0.3) is 0 Å². The predicted octanol–water partition coefficient (Wildman–Crippen LogP) is 1.80. The van der Waals surface area contributed by atoms with Gasteiger partial charge in [0, 0.05) is 32.1 Å². The lowest BCUT2D eigenvalue weighted by molar-refractivity contribution is 0.578. The van der Waals surface area contributed by atoms with Crippen molar-refractivity contribution in [2.24, 2.45) is 0 Å². The molecule has 19 heavy (non-hydrogen) atoms. The molecular weight excluding hydrogens is 256 g/mol. The highest BCUT2D eigenvalue weighted by Gasteiger charge is 2.30. The van der Waals surface area contributed by atoms with Crippen molar-refractivity contribution < 1.29 is 0 Å². The molecule has 0 unspecified atom stereocenters. The fraction of sp³-hybridized carbons (Fsp3) is 0.714. The summed E-state index contributed by atoms with van der Waals surface area (Å²) >= 11 is 1.96. The number of hydrogen-bond donors (Lipinski definition) is 1. The van der Waals surface area contributed by atoms with Crippen LogP contribution in [0.15, 0.2) is 4.90 Å². The molecule has 3 aliphatic rings. The monoisotopic (exact) mass is 276 g/mol. The molecule has 2 fully saturated rings. The van der Waals surface area contributed by atoms with E-state index in [2.05, 4.69) is 10.2 Å². The Morgan fingerprint density at radius 1 is 1.16 bits per heavy atom. The molecule has 1 aliphatic carbocycles. The van der Waals surface area contributed by atoms with E-state index in [0.717, 1.165) is 38.4 Å². The second kappa shape index (κ2) is 4.94. The van der Waals surface area contributed by atoms with Gasteiger partial charge in [0.2, 0.25) is 0 Å². The van der Waals surface area contributed by atoms with Crippen molar-refractivity contribution in [2.75, 3.05) is 36.8 Å². The van der Waals surface area contributed by atoms with Gasteiger partial charge < -0.3 is 10.2 Å². The Labute approximate surface area is 118 Å². The number of rotatable bonds is 2. The molecule has 1 saturated heterocycles. The van der Waals surface area contributed by atoms with E-state index >= 15 is 0 Å². The summed E-state index contributed by atoms with van der Waals surface area (Å²) in [4.78, 5) is 13.6. The Kier molecular flexibility index (Phi) is 3.11. The van der Waals surface area contributed by atoms with Gasteiger partial charge >= 0.3 is 0 Å². The van der Waals surface area contributed by atoms with Crippen molar-refractivity contribution >= 4 is 17.6 Å². The molecule has 1 aromatic rings. The van der Waals surface area contributed by atoms with Crippen LogP contribution in [0.5, 0.6) is 0 Å². The molecule has 3 heterocycles. The first-order valence-electron chi connectivity index (χ1n) is 7.41. The summed E-state index contributed by atoms with van der Waals surface area (Å²) < 4.78 is 0. The third-order valence-electron chi connectivity index (χ3n) is 4.10. The van der Waals surface area contributed by atoms with E-state index in [4.69, 9.17) is 9.97 Å². The number of anilines is 1. The van der Waals surface area contributed by atoms with Crippen molar-refractivity contribution in [3.63, 3.8) is 0 Å². The topological polar surface area (TPSA) is 41.1 Å². The number of hydrogen-bond acceptors (Lipinski definition) is 5. The smallest absolute Gasteiger partial charge is 0.146 e. The number of aromatic nitrogens is 2. The Morgan fingerprint density at radius 2 is 2.00 bits per heavy atom. The number of fused-ring (bicyclic) bond motifs is 1. The molecule has 0 spiro atoms. The molecule has 0 atom stereocenters. The van der Waals surface area contributed by atoms with E-state index in [0.29, 0.717) is 5.92 Å². The van der Waals surface area contributed by atoms with Crippen LogP contribution in [0.25, 0.3) is 0 Å². The van der Waals surface area contributed by atoms with Gasteiger partial charge in [0.15, 0.2) is 0 Å². The maximum atomic E-state index is 4.94. The minimum Gasteiger partial charge on any atom is -0.353 e. The number of nitrogens with one attached hydrogen (secondary N) is 1. The molecule has 0 radical (unpaired) electrons. The van der Waals surface area contributed by atoms with E-state index in [-0.39, 0.29) is 0 Å². The van der Waals surface area contributed by atoms with Gasteiger partial charge in [-0.2, -0.15) is 0 Å². The normalized spacial score (nSPS) is 23.3. The highest BCUT2D eigenvalue weighted by molar-refractivity contribution is 7.99. The van der Waals surface area contributed by atoms with Crippen molar-refractivity contribution in [3.8, 4) is 0 Å². The van der Waals surface area contributed by atoms with Crippen LogP contribution in [0.4, 0.5) is 5.82 Å². The third-order valence-corrected chi connectivity index (χ3v) is 5.30. The quantitative estimate of drug-likeness (QED) is 0.892. The van der Waals surface area contributed by atoms with Gasteiger partial charge in [-0.3, -0.25) is 0 Å². The molecule has 1 saturated carbocycles. The molecule has 4 nitrogen and oxygen atoms in total. The number of nitrogens with zero attached hydrogens (tertiary/aromatic N) is 3. The summed E-state index contributed by atoms with van der Waals surface area (Å²) in [7, 11) is 0. The van der Waals surface area contributed by atoms with Crippen LogP contribution in [0, 0.1) is 0 Å². The molecular formula is C14H20N4S. The van der Waals surface area contributed by atoms with Crippen LogP contribution in [-0.4, -0.2) is 41.9 Å². The maximum absolute atomic E-state index is 4.94. The summed E-state index contributed by atoms with van der Waals surface area (Å²) in [6.07, 6.45) is 4.98. The van der Waals surface area contributed by atoms with E-state index in [1.165, 1.54) is 41.4 Å². The average molecular weight is 276 g/mol. The van der Waals surface area contributed by atoms with Gasteiger partial charge in [-0.15, -0.1) is 11.8 Å². The highest BCUT2D eigenvalue weighted by Crippen LogP contribution is 2.42. The minimum absolute atomic E-state index is 0.652. The van der Waals surface area contributed by atoms with Gasteiger partial charge in [0.1, 0.15) is 11.6 Å². The molecule has 0 amide bonds. The van der Waals surface area contributed by atoms with Crippen molar-refractivity contribution in [3.05, 3.63) is 11.5 Å². The molecule has 4 rings (SSSR count). The SMILES string of the molecule is C1CSc2c(nc(C3CC3)nc2N2CCNCC2)C1. The van der Waals surface area contributed by atoms with E-state index in [1.54, 1.807) is 0 Å². The number of thioether (sulfide) groups is 1. The summed E-state index contributed by atoms with van der Waals surface area (Å²) in [5.41, 5.74) is 1.32. The molecule has 5 heteroatoms. The lowest BCUT2D eigenvalue weighted by Crippen LogP contribution is -2.44. The summed E-state index contributed by atoms with van der Waals surface area (Å²) in [6.45, 7) is 4.30. The zero-order valence-corrected chi connectivity index (χ0v) is 12.0. The Bertz CT molecular complexity index is 481. The lowest BCUT2D eigenvalue weighted by Gasteiger charge is -2.31. The van der Waals surface area contributed by atoms with Crippen molar-refractivity contribution in [2.45, 2.75) is 36.5 Å². The third kappa shape index (κ3) is 2.34. The van der Waals surface area contributed by atoms with Crippen LogP contribution >= 0.6 is 11.8 Å². The molecule has 0 aromatic carbocycles. The van der Waals surface area contributed by atoms with Crippen LogP contribution in [0.1, 0.15) is 36.7 Å². The number of aryl methyl sites for hydroxylation is 1. The summed E-state index contributed by atoms with van der Waals surface area (Å²) in [5.74, 6) is 4.23. The zero-order chi connectivity index (χ0) is 12.7. The highest BCUT2D eigenvalue weighted by atomic mass is 32.2. The molecule has 102 valence electrons.